The zero-order chi connectivity index (χ0) is 15.3. The molecule has 1 fully saturated rings. The molecule has 0 amide bonds. The van der Waals surface area contributed by atoms with Gasteiger partial charge in [0.05, 0.1) is 11.9 Å². The van der Waals surface area contributed by atoms with E-state index in [4.69, 9.17) is 10.5 Å². The van der Waals surface area contributed by atoms with E-state index in [1.807, 2.05) is 12.1 Å². The third-order valence-corrected chi connectivity index (χ3v) is 5.89. The van der Waals surface area contributed by atoms with Gasteiger partial charge in [-0.25, -0.2) is 8.42 Å². The average molecular weight is 313 g/mol. The molecule has 0 spiro atoms. The van der Waals surface area contributed by atoms with Crippen molar-refractivity contribution in [2.45, 2.75) is 31.4 Å². The van der Waals surface area contributed by atoms with Gasteiger partial charge in [-0.05, 0) is 37.0 Å². The van der Waals surface area contributed by atoms with E-state index in [1.54, 1.807) is 23.8 Å². The average Bonchev–Trinajstić information content (AvgIpc) is 2.53. The Bertz CT molecular complexity index is 536. The second kappa shape index (κ2) is 7.31. The topological polar surface area (TPSA) is 85.5 Å². The Hall–Kier alpha value is -1.02. The van der Waals surface area contributed by atoms with Crippen LogP contribution in [-0.4, -0.2) is 55.8 Å². The van der Waals surface area contributed by atoms with Gasteiger partial charge in [0.2, 0.25) is 10.0 Å². The summed E-state index contributed by atoms with van der Waals surface area (Å²) < 4.78 is 32.0. The first-order valence-corrected chi connectivity index (χ1v) is 8.79. The summed E-state index contributed by atoms with van der Waals surface area (Å²) in [5.41, 5.74) is 6.72. The molecule has 1 saturated heterocycles. The molecule has 2 heterocycles. The van der Waals surface area contributed by atoms with Crippen molar-refractivity contribution in [3.05, 3.63) is 30.1 Å². The van der Waals surface area contributed by atoms with Crippen molar-refractivity contribution in [3.8, 4) is 0 Å². The van der Waals surface area contributed by atoms with Crippen LogP contribution in [0.4, 0.5) is 0 Å². The predicted molar refractivity (Wildman–Crippen MR) is 81.3 cm³/mol. The molecule has 118 valence electrons. The Balaban J connectivity index is 2.01. The maximum absolute atomic E-state index is 12.5. The summed E-state index contributed by atoms with van der Waals surface area (Å²) in [6.07, 6.45) is 5.34. The lowest BCUT2D eigenvalue weighted by Gasteiger charge is -2.37. The van der Waals surface area contributed by atoms with Crippen LogP contribution in [0.3, 0.4) is 0 Å². The van der Waals surface area contributed by atoms with Crippen LogP contribution in [0.15, 0.2) is 24.5 Å². The maximum Gasteiger partial charge on any atom is 0.214 e. The monoisotopic (exact) mass is 313 g/mol. The highest BCUT2D eigenvalue weighted by atomic mass is 32.2. The SMILES string of the molecule is COC1CCN(S(=O)(=O)CCc2ccncc2)C(CN)C1. The number of piperidine rings is 1. The van der Waals surface area contributed by atoms with Crippen LogP contribution < -0.4 is 5.73 Å². The lowest BCUT2D eigenvalue weighted by atomic mass is 10.0. The highest BCUT2D eigenvalue weighted by molar-refractivity contribution is 7.89. The minimum Gasteiger partial charge on any atom is -0.381 e. The van der Waals surface area contributed by atoms with Crippen LogP contribution in [0.1, 0.15) is 18.4 Å². The molecule has 2 atom stereocenters. The van der Waals surface area contributed by atoms with Gasteiger partial charge in [0.25, 0.3) is 0 Å². The Morgan fingerprint density at radius 2 is 2.14 bits per heavy atom. The van der Waals surface area contributed by atoms with E-state index >= 15 is 0 Å². The largest absolute Gasteiger partial charge is 0.381 e. The standard InChI is InChI=1S/C14H23N3O3S/c1-20-14-4-8-17(13(10-14)11-15)21(18,19)9-5-12-2-6-16-7-3-12/h2-3,6-7,13-14H,4-5,8-11,15H2,1H3. The van der Waals surface area contributed by atoms with Crippen molar-refractivity contribution in [2.24, 2.45) is 5.73 Å². The Morgan fingerprint density at radius 3 is 2.76 bits per heavy atom. The van der Waals surface area contributed by atoms with Crippen molar-refractivity contribution in [1.82, 2.24) is 9.29 Å². The molecule has 2 rings (SSSR count). The van der Waals surface area contributed by atoms with Crippen molar-refractivity contribution < 1.29 is 13.2 Å². The molecule has 1 aromatic rings. The molecule has 0 aromatic carbocycles. The molecule has 1 aliphatic heterocycles. The lowest BCUT2D eigenvalue weighted by Crippen LogP contribution is -2.51. The van der Waals surface area contributed by atoms with Gasteiger partial charge in [0, 0.05) is 38.6 Å². The normalized spacial score (nSPS) is 24.1. The minimum absolute atomic E-state index is 0.102. The van der Waals surface area contributed by atoms with Crippen LogP contribution in [0.25, 0.3) is 0 Å². The lowest BCUT2D eigenvalue weighted by molar-refractivity contribution is 0.0402. The summed E-state index contributed by atoms with van der Waals surface area (Å²) in [7, 11) is -1.64. The first kappa shape index (κ1) is 16.4. The number of sulfonamides is 1. The summed E-state index contributed by atoms with van der Waals surface area (Å²) in [4.78, 5) is 3.93. The van der Waals surface area contributed by atoms with Crippen molar-refractivity contribution in [1.29, 1.82) is 0 Å². The molecule has 2 N–H and O–H groups in total. The molecule has 0 aliphatic carbocycles. The van der Waals surface area contributed by atoms with Gasteiger partial charge < -0.3 is 10.5 Å². The molecule has 1 aromatic heterocycles. The molecular formula is C14H23N3O3S. The van der Waals surface area contributed by atoms with E-state index in [9.17, 15) is 8.42 Å². The van der Waals surface area contributed by atoms with Gasteiger partial charge in [0.15, 0.2) is 0 Å². The number of hydrogen-bond donors (Lipinski definition) is 1. The smallest absolute Gasteiger partial charge is 0.214 e. The zero-order valence-electron chi connectivity index (χ0n) is 12.3. The number of nitrogens with two attached hydrogens (primary N) is 1. The Labute approximate surface area is 126 Å². The number of nitrogens with zero attached hydrogens (tertiary/aromatic N) is 2. The molecule has 2 unspecified atom stereocenters. The number of aryl methyl sites for hydroxylation is 1. The van der Waals surface area contributed by atoms with Gasteiger partial charge in [-0.3, -0.25) is 4.98 Å². The second-order valence-corrected chi connectivity index (χ2v) is 7.34. The first-order valence-electron chi connectivity index (χ1n) is 7.18. The molecule has 7 heteroatoms. The Kier molecular flexibility index (Phi) is 5.69. The van der Waals surface area contributed by atoms with Gasteiger partial charge in [0.1, 0.15) is 0 Å². The number of aromatic nitrogens is 1. The molecule has 0 saturated carbocycles. The first-order chi connectivity index (χ1) is 10.1. The minimum atomic E-state index is -3.30. The summed E-state index contributed by atoms with van der Waals surface area (Å²) >= 11 is 0. The van der Waals surface area contributed by atoms with Gasteiger partial charge >= 0.3 is 0 Å². The van der Waals surface area contributed by atoms with Crippen LogP contribution in [0.2, 0.25) is 0 Å². The second-order valence-electron chi connectivity index (χ2n) is 5.30. The fraction of sp³-hybridized carbons (Fsp3) is 0.643. The molecule has 0 radical (unpaired) electrons. The van der Waals surface area contributed by atoms with Crippen LogP contribution in [0.5, 0.6) is 0 Å². The summed E-state index contributed by atoms with van der Waals surface area (Å²) in [5.74, 6) is 0.102. The third kappa shape index (κ3) is 4.23. The molecule has 21 heavy (non-hydrogen) atoms. The van der Waals surface area contributed by atoms with Crippen molar-refractivity contribution in [2.75, 3.05) is 26.0 Å². The molecular weight excluding hydrogens is 290 g/mol. The number of rotatable bonds is 6. The summed E-state index contributed by atoms with van der Waals surface area (Å²) in [6.45, 7) is 0.813. The van der Waals surface area contributed by atoms with E-state index in [1.165, 1.54) is 0 Å². The predicted octanol–water partition coefficient (Wildman–Crippen LogP) is 0.392. The van der Waals surface area contributed by atoms with E-state index in [0.29, 0.717) is 25.9 Å². The van der Waals surface area contributed by atoms with Crippen LogP contribution in [0, 0.1) is 0 Å². The molecule has 6 nitrogen and oxygen atoms in total. The quantitative estimate of drug-likeness (QED) is 0.821. The number of pyridine rings is 1. The van der Waals surface area contributed by atoms with Gasteiger partial charge in [-0.1, -0.05) is 0 Å². The highest BCUT2D eigenvalue weighted by Crippen LogP contribution is 2.22. The maximum atomic E-state index is 12.5. The van der Waals surface area contributed by atoms with E-state index in [2.05, 4.69) is 4.98 Å². The fourth-order valence-electron chi connectivity index (χ4n) is 2.70. The molecule has 1 aliphatic rings. The van der Waals surface area contributed by atoms with Gasteiger partial charge in [-0.15, -0.1) is 0 Å². The molecule has 0 bridgehead atoms. The van der Waals surface area contributed by atoms with E-state index < -0.39 is 10.0 Å². The highest BCUT2D eigenvalue weighted by Gasteiger charge is 2.34. The number of hydrogen-bond acceptors (Lipinski definition) is 5. The third-order valence-electron chi connectivity index (χ3n) is 3.97. The van der Waals surface area contributed by atoms with Crippen molar-refractivity contribution >= 4 is 10.0 Å². The number of methoxy groups -OCH3 is 1. The number of ether oxygens (including phenoxy) is 1. The van der Waals surface area contributed by atoms with Gasteiger partial charge in [-0.2, -0.15) is 4.31 Å². The van der Waals surface area contributed by atoms with Crippen molar-refractivity contribution in [3.63, 3.8) is 0 Å². The Morgan fingerprint density at radius 1 is 1.43 bits per heavy atom. The van der Waals surface area contributed by atoms with E-state index in [-0.39, 0.29) is 17.9 Å². The van der Waals surface area contributed by atoms with Crippen LogP contribution in [-0.2, 0) is 21.2 Å². The van der Waals surface area contributed by atoms with E-state index in [0.717, 1.165) is 12.0 Å². The van der Waals surface area contributed by atoms with Crippen LogP contribution >= 0.6 is 0 Å². The summed E-state index contributed by atoms with van der Waals surface area (Å²) in [5, 5.41) is 0. The fourth-order valence-corrected chi connectivity index (χ4v) is 4.44. The zero-order valence-corrected chi connectivity index (χ0v) is 13.1. The summed E-state index contributed by atoms with van der Waals surface area (Å²) in [6, 6.07) is 3.52.